The normalized spacial score (nSPS) is 39.6. The molecule has 2 aliphatic rings. The highest BCUT2D eigenvalue weighted by molar-refractivity contribution is 5.66. The Morgan fingerprint density at radius 1 is 1.14 bits per heavy atom. The van der Waals surface area contributed by atoms with Crippen LogP contribution in [0.4, 0.5) is 0 Å². The largest absolute Gasteiger partial charge is 0.434 e. The first-order valence-electron chi connectivity index (χ1n) is 13.1. The number of hydrogen-bond acceptors (Lipinski definition) is 4. The molecule has 35 heavy (non-hydrogen) atoms. The minimum atomic E-state index is -0.338. The van der Waals surface area contributed by atoms with Gasteiger partial charge in [-0.2, -0.15) is 5.26 Å². The molecule has 0 radical (unpaired) electrons. The lowest BCUT2D eigenvalue weighted by Crippen LogP contribution is -2.54. The van der Waals surface area contributed by atoms with Crippen LogP contribution in [-0.4, -0.2) is 12.3 Å². The van der Waals surface area contributed by atoms with Crippen molar-refractivity contribution in [2.75, 3.05) is 0 Å². The second-order valence-corrected chi connectivity index (χ2v) is 11.9. The third-order valence-electron chi connectivity index (χ3n) is 9.51. The van der Waals surface area contributed by atoms with E-state index in [0.29, 0.717) is 11.8 Å². The smallest absolute Gasteiger partial charge is 0.307 e. The third kappa shape index (κ3) is 5.88. The van der Waals surface area contributed by atoms with E-state index in [1.165, 1.54) is 18.8 Å². The predicted molar refractivity (Wildman–Crippen MR) is 142 cm³/mol. The van der Waals surface area contributed by atoms with Crippen molar-refractivity contribution in [3.05, 3.63) is 47.8 Å². The van der Waals surface area contributed by atoms with Crippen molar-refractivity contribution in [1.29, 1.82) is 5.26 Å². The molecule has 0 aliphatic heterocycles. The number of esters is 1. The standard InChI is InChI=1S/C31H45NO3/c1-9-30(7)27(13-10-12-23(2)21-35-25(4)34)29(6,15-11-19-33)17-18-31(30,8)26-20-28(5,22-32)16-14-24(26)3/h10-13,15,19,21,24,26H,9,14,16-18,20H2,1-8H3/b12-10+,15-11+,23-21+,27-13+/t24-,26-,28-,29-,30-,31+/m1/s1. The molecule has 2 rings (SSSR count). The quantitative estimate of drug-likeness (QED) is 0.122. The number of ether oxygens (including phenoxy) is 1. The highest BCUT2D eigenvalue weighted by atomic mass is 16.5. The van der Waals surface area contributed by atoms with Gasteiger partial charge in [0.2, 0.25) is 0 Å². The highest BCUT2D eigenvalue weighted by Crippen LogP contribution is 2.67. The molecule has 6 atom stereocenters. The molecular weight excluding hydrogens is 434 g/mol. The van der Waals surface area contributed by atoms with E-state index in [-0.39, 0.29) is 27.6 Å². The summed E-state index contributed by atoms with van der Waals surface area (Å²) < 4.78 is 5.01. The van der Waals surface area contributed by atoms with Crippen LogP contribution < -0.4 is 0 Å². The first-order valence-corrected chi connectivity index (χ1v) is 13.1. The highest BCUT2D eigenvalue weighted by Gasteiger charge is 2.59. The van der Waals surface area contributed by atoms with Gasteiger partial charge >= 0.3 is 5.97 Å². The Hall–Kier alpha value is -2.41. The number of hydrogen-bond donors (Lipinski definition) is 0. The summed E-state index contributed by atoms with van der Waals surface area (Å²) >= 11 is 0. The van der Waals surface area contributed by atoms with Gasteiger partial charge in [-0.05, 0) is 86.7 Å². The second-order valence-electron chi connectivity index (χ2n) is 11.9. The minimum absolute atomic E-state index is 0.0243. The number of rotatable bonds is 7. The Balaban J connectivity index is 2.62. The Labute approximate surface area is 213 Å². The maximum atomic E-state index is 11.3. The number of aldehydes is 1. The maximum Gasteiger partial charge on any atom is 0.307 e. The lowest BCUT2D eigenvalue weighted by Gasteiger charge is -2.62. The lowest BCUT2D eigenvalue weighted by atomic mass is 9.41. The molecule has 2 aliphatic carbocycles. The molecule has 4 nitrogen and oxygen atoms in total. The van der Waals surface area contributed by atoms with Crippen molar-refractivity contribution in [3.63, 3.8) is 0 Å². The van der Waals surface area contributed by atoms with E-state index in [9.17, 15) is 14.9 Å². The van der Waals surface area contributed by atoms with Gasteiger partial charge in [0.05, 0.1) is 17.7 Å². The number of carbonyl (C=O) groups excluding carboxylic acids is 2. The first kappa shape index (κ1) is 28.8. The van der Waals surface area contributed by atoms with E-state index in [0.717, 1.165) is 50.4 Å². The molecule has 4 heteroatoms. The van der Waals surface area contributed by atoms with Crippen LogP contribution in [0.15, 0.2) is 47.8 Å². The van der Waals surface area contributed by atoms with Gasteiger partial charge in [0.25, 0.3) is 0 Å². The topological polar surface area (TPSA) is 67.2 Å². The molecule has 0 bridgehead atoms. The number of allylic oxidation sites excluding steroid dienone is 7. The summed E-state index contributed by atoms with van der Waals surface area (Å²) in [5, 5.41) is 9.95. The van der Waals surface area contributed by atoms with E-state index in [1.54, 1.807) is 6.08 Å². The van der Waals surface area contributed by atoms with Crippen LogP contribution in [0.1, 0.15) is 93.9 Å². The molecular formula is C31H45NO3. The fraction of sp³-hybridized carbons (Fsp3) is 0.645. The molecule has 2 saturated carbocycles. The van der Waals surface area contributed by atoms with Crippen molar-refractivity contribution in [1.82, 2.24) is 0 Å². The van der Waals surface area contributed by atoms with Crippen LogP contribution in [0.3, 0.4) is 0 Å². The van der Waals surface area contributed by atoms with Crippen molar-refractivity contribution in [2.24, 2.45) is 33.5 Å². The fourth-order valence-electron chi connectivity index (χ4n) is 6.86. The van der Waals surface area contributed by atoms with Gasteiger partial charge < -0.3 is 4.74 Å². The minimum Gasteiger partial charge on any atom is -0.434 e. The van der Waals surface area contributed by atoms with Crippen LogP contribution in [0, 0.1) is 44.8 Å². The van der Waals surface area contributed by atoms with Gasteiger partial charge in [-0.25, -0.2) is 0 Å². The molecule has 0 aromatic rings. The van der Waals surface area contributed by atoms with E-state index in [4.69, 9.17) is 4.74 Å². The number of carbonyl (C=O) groups is 2. The molecule has 0 amide bonds. The summed E-state index contributed by atoms with van der Waals surface area (Å²) in [6.07, 6.45) is 18.2. The molecule has 192 valence electrons. The average molecular weight is 480 g/mol. The van der Waals surface area contributed by atoms with E-state index < -0.39 is 0 Å². The summed E-state index contributed by atoms with van der Waals surface area (Å²) in [5.41, 5.74) is 1.58. The Morgan fingerprint density at radius 2 is 1.83 bits per heavy atom. The van der Waals surface area contributed by atoms with E-state index in [2.05, 4.69) is 59.8 Å². The zero-order valence-corrected chi connectivity index (χ0v) is 23.1. The van der Waals surface area contributed by atoms with Gasteiger partial charge in [-0.15, -0.1) is 0 Å². The van der Waals surface area contributed by atoms with Gasteiger partial charge in [0, 0.05) is 12.3 Å². The Morgan fingerprint density at radius 3 is 2.40 bits per heavy atom. The van der Waals surface area contributed by atoms with E-state index in [1.807, 2.05) is 19.1 Å². The lowest BCUT2D eigenvalue weighted by molar-refractivity contribution is -0.135. The monoisotopic (exact) mass is 479 g/mol. The van der Waals surface area contributed by atoms with Crippen molar-refractivity contribution < 1.29 is 14.3 Å². The van der Waals surface area contributed by atoms with Crippen LogP contribution in [-0.2, 0) is 14.3 Å². The van der Waals surface area contributed by atoms with Gasteiger partial charge in [-0.3, -0.25) is 9.59 Å². The third-order valence-corrected chi connectivity index (χ3v) is 9.51. The van der Waals surface area contributed by atoms with Crippen LogP contribution >= 0.6 is 0 Å². The molecule has 0 N–H and O–H groups in total. The molecule has 0 unspecified atom stereocenters. The molecule has 0 saturated heterocycles. The molecule has 0 aromatic carbocycles. The van der Waals surface area contributed by atoms with Crippen molar-refractivity contribution >= 4 is 12.3 Å². The van der Waals surface area contributed by atoms with Crippen LogP contribution in [0.2, 0.25) is 0 Å². The first-order chi connectivity index (χ1) is 16.3. The number of nitrogens with zero attached hydrogens (tertiary/aromatic N) is 1. The van der Waals surface area contributed by atoms with Crippen LogP contribution in [0.25, 0.3) is 0 Å². The summed E-state index contributed by atoms with van der Waals surface area (Å²) in [6.45, 7) is 17.2. The summed E-state index contributed by atoms with van der Waals surface area (Å²) in [7, 11) is 0. The Bertz CT molecular complexity index is 966. The molecule has 2 fully saturated rings. The number of nitriles is 1. The molecule has 0 spiro atoms. The summed E-state index contributed by atoms with van der Waals surface area (Å²) in [6, 6.07) is 2.64. The Kier molecular flexibility index (Phi) is 9.15. The van der Waals surface area contributed by atoms with Gasteiger partial charge in [0.1, 0.15) is 6.29 Å². The zero-order valence-electron chi connectivity index (χ0n) is 23.1. The van der Waals surface area contributed by atoms with Gasteiger partial charge in [0.15, 0.2) is 0 Å². The van der Waals surface area contributed by atoms with Gasteiger partial charge in [-0.1, -0.05) is 64.5 Å². The second kappa shape index (κ2) is 11.1. The summed E-state index contributed by atoms with van der Waals surface area (Å²) in [4.78, 5) is 22.4. The molecule has 0 aromatic heterocycles. The maximum absolute atomic E-state index is 11.3. The van der Waals surface area contributed by atoms with Crippen molar-refractivity contribution in [2.45, 2.75) is 93.9 Å². The van der Waals surface area contributed by atoms with Crippen molar-refractivity contribution in [3.8, 4) is 6.07 Å². The van der Waals surface area contributed by atoms with E-state index >= 15 is 0 Å². The fourth-order valence-corrected chi connectivity index (χ4v) is 6.86. The SMILES string of the molecule is CC[C@]1(C)/C(=C/C=C/C(C)=C/OC(C)=O)[C@](C)(/C=C/C=O)CC[C@@]1(C)[C@@H]1C[C@](C)(C#N)CC[C@H]1C. The predicted octanol–water partition coefficient (Wildman–Crippen LogP) is 7.88. The average Bonchev–Trinajstić information content (AvgIpc) is 2.83. The zero-order chi connectivity index (χ0) is 26.5. The summed E-state index contributed by atoms with van der Waals surface area (Å²) in [5.74, 6) is 0.673. The van der Waals surface area contributed by atoms with Crippen LogP contribution in [0.5, 0.6) is 0 Å². The molecule has 0 heterocycles.